The maximum Gasteiger partial charge on any atom is 0.191 e. The molecule has 29 heavy (non-hydrogen) atoms. The summed E-state index contributed by atoms with van der Waals surface area (Å²) in [5, 5.41) is 6.93. The minimum absolute atomic E-state index is 0. The summed E-state index contributed by atoms with van der Waals surface area (Å²) in [7, 11) is 4.03. The molecule has 0 unspecified atom stereocenters. The number of rotatable bonds is 6. The summed E-state index contributed by atoms with van der Waals surface area (Å²) in [5.74, 6) is 0.675. The molecule has 1 aromatic carbocycles. The highest BCUT2D eigenvalue weighted by atomic mass is 127. The molecule has 164 valence electrons. The lowest BCUT2D eigenvalue weighted by atomic mass is 9.84. The van der Waals surface area contributed by atoms with Crippen molar-refractivity contribution in [1.29, 1.82) is 0 Å². The number of benzene rings is 1. The Labute approximate surface area is 192 Å². The Morgan fingerprint density at radius 1 is 1.07 bits per heavy atom. The van der Waals surface area contributed by atoms with E-state index in [1.165, 1.54) is 51.3 Å². The summed E-state index contributed by atoms with van der Waals surface area (Å²) in [6.07, 6.45) is 7.03. The quantitative estimate of drug-likeness (QED) is 0.346. The van der Waals surface area contributed by atoms with Crippen molar-refractivity contribution >= 4 is 29.9 Å². The fourth-order valence-electron chi connectivity index (χ4n) is 4.49. The molecule has 5 nitrogen and oxygen atoms in total. The monoisotopic (exact) mass is 517 g/mol. The molecule has 0 spiro atoms. The van der Waals surface area contributed by atoms with Crippen LogP contribution in [-0.4, -0.2) is 74.7 Å². The minimum atomic E-state index is -0.136. The first-order valence-electron chi connectivity index (χ1n) is 10.7. The van der Waals surface area contributed by atoms with E-state index in [4.69, 9.17) is 0 Å². The Kier molecular flexibility index (Phi) is 10.1. The number of guanidine groups is 1. The predicted octanol–water partition coefficient (Wildman–Crippen LogP) is 3.10. The molecule has 2 N–H and O–H groups in total. The van der Waals surface area contributed by atoms with Gasteiger partial charge in [-0.05, 0) is 77.0 Å². The largest absolute Gasteiger partial charge is 0.356 e. The molecule has 2 heterocycles. The van der Waals surface area contributed by atoms with Gasteiger partial charge in [-0.3, -0.25) is 9.89 Å². The molecule has 0 radical (unpaired) electrons. The van der Waals surface area contributed by atoms with Gasteiger partial charge < -0.3 is 15.5 Å². The molecule has 2 saturated heterocycles. The first-order chi connectivity index (χ1) is 13.6. The van der Waals surface area contributed by atoms with Gasteiger partial charge in [-0.25, -0.2) is 4.39 Å². The predicted molar refractivity (Wildman–Crippen MR) is 130 cm³/mol. The zero-order chi connectivity index (χ0) is 19.8. The molecule has 0 atom stereocenters. The molecule has 2 fully saturated rings. The van der Waals surface area contributed by atoms with Gasteiger partial charge in [0, 0.05) is 25.7 Å². The highest BCUT2D eigenvalue weighted by Gasteiger charge is 2.39. The van der Waals surface area contributed by atoms with Crippen molar-refractivity contribution < 1.29 is 4.39 Å². The molecule has 7 heteroatoms. The molecule has 0 bridgehead atoms. The highest BCUT2D eigenvalue weighted by molar-refractivity contribution is 14.0. The van der Waals surface area contributed by atoms with Crippen LogP contribution in [-0.2, 0) is 6.42 Å². The lowest BCUT2D eigenvalue weighted by Crippen LogP contribution is -2.62. The van der Waals surface area contributed by atoms with Crippen LogP contribution in [0.25, 0.3) is 0 Å². The second kappa shape index (κ2) is 12.1. The second-order valence-corrected chi connectivity index (χ2v) is 8.27. The topological polar surface area (TPSA) is 42.9 Å². The molecule has 1 aromatic rings. The van der Waals surface area contributed by atoms with Crippen LogP contribution in [0.3, 0.4) is 0 Å². The molecule has 2 aliphatic rings. The Morgan fingerprint density at radius 3 is 2.41 bits per heavy atom. The number of aliphatic imine (C=N–C) groups is 1. The van der Waals surface area contributed by atoms with Crippen molar-refractivity contribution in [1.82, 2.24) is 20.4 Å². The number of nitrogens with zero attached hydrogens (tertiary/aromatic N) is 3. The van der Waals surface area contributed by atoms with E-state index in [0.717, 1.165) is 31.2 Å². The van der Waals surface area contributed by atoms with Gasteiger partial charge in [0.15, 0.2) is 5.96 Å². The smallest absolute Gasteiger partial charge is 0.191 e. The lowest BCUT2D eigenvalue weighted by Gasteiger charge is -2.50. The Hall–Kier alpha value is -0.930. The van der Waals surface area contributed by atoms with Gasteiger partial charge in [-0.15, -0.1) is 24.0 Å². The first kappa shape index (κ1) is 24.3. The number of hydrogen-bond acceptors (Lipinski definition) is 3. The van der Waals surface area contributed by atoms with Crippen molar-refractivity contribution in [2.45, 2.75) is 44.1 Å². The third kappa shape index (κ3) is 6.79. The average molecular weight is 517 g/mol. The summed E-state index contributed by atoms with van der Waals surface area (Å²) in [5.41, 5.74) is 0.960. The Bertz CT molecular complexity index is 640. The van der Waals surface area contributed by atoms with Crippen LogP contribution >= 0.6 is 24.0 Å². The molecular weight excluding hydrogens is 480 g/mol. The number of nitrogens with one attached hydrogen (secondary N) is 2. The zero-order valence-electron chi connectivity index (χ0n) is 17.9. The van der Waals surface area contributed by atoms with Crippen molar-refractivity contribution in [3.8, 4) is 0 Å². The van der Waals surface area contributed by atoms with Crippen molar-refractivity contribution in [2.75, 3.05) is 53.4 Å². The van der Waals surface area contributed by atoms with Crippen molar-refractivity contribution in [3.05, 3.63) is 35.6 Å². The van der Waals surface area contributed by atoms with Crippen LogP contribution in [0.15, 0.2) is 29.3 Å². The Morgan fingerprint density at radius 2 is 1.76 bits per heavy atom. The third-order valence-electron chi connectivity index (χ3n) is 6.40. The summed E-state index contributed by atoms with van der Waals surface area (Å²) < 4.78 is 13.8. The van der Waals surface area contributed by atoms with Gasteiger partial charge in [0.1, 0.15) is 5.82 Å². The molecule has 2 aliphatic heterocycles. The second-order valence-electron chi connectivity index (χ2n) is 8.27. The maximum absolute atomic E-state index is 13.8. The van der Waals surface area contributed by atoms with Gasteiger partial charge in [0.05, 0.1) is 0 Å². The highest BCUT2D eigenvalue weighted by Crippen LogP contribution is 2.30. The van der Waals surface area contributed by atoms with E-state index in [1.807, 2.05) is 12.1 Å². The van der Waals surface area contributed by atoms with Crippen LogP contribution in [0.5, 0.6) is 0 Å². The van der Waals surface area contributed by atoms with E-state index in [-0.39, 0.29) is 35.3 Å². The van der Waals surface area contributed by atoms with Crippen molar-refractivity contribution in [3.63, 3.8) is 0 Å². The fraction of sp³-hybridized carbons (Fsp3) is 0.682. The van der Waals surface area contributed by atoms with Crippen LogP contribution in [0.2, 0.25) is 0 Å². The number of halogens is 2. The summed E-state index contributed by atoms with van der Waals surface area (Å²) in [6, 6.07) is 6.98. The van der Waals surface area contributed by atoms with Crippen molar-refractivity contribution in [2.24, 2.45) is 4.99 Å². The van der Waals surface area contributed by atoms with E-state index in [2.05, 4.69) is 32.5 Å². The first-order valence-corrected chi connectivity index (χ1v) is 10.7. The number of piperidine rings is 2. The van der Waals surface area contributed by atoms with E-state index < -0.39 is 0 Å². The van der Waals surface area contributed by atoms with E-state index in [9.17, 15) is 4.39 Å². The molecule has 0 aliphatic carbocycles. The number of hydrogen-bond donors (Lipinski definition) is 2. The standard InChI is InChI=1S/C22H36FN5.HI/c1-24-21(25-13-10-19-8-4-5-9-20(19)23)26-18-22(11-16-27(2)17-12-22)28-14-6-3-7-15-28;/h4-5,8-9H,3,6-7,10-18H2,1-2H3,(H2,24,25,26);1H. The third-order valence-corrected chi connectivity index (χ3v) is 6.40. The lowest BCUT2D eigenvalue weighted by molar-refractivity contribution is 0.0173. The SMILES string of the molecule is CN=C(NCCc1ccccc1F)NCC1(N2CCCCC2)CCN(C)CC1.I. The van der Waals surface area contributed by atoms with Gasteiger partial charge in [-0.1, -0.05) is 24.6 Å². The fourth-order valence-corrected chi connectivity index (χ4v) is 4.49. The molecular formula is C22H37FIN5. The molecule has 0 saturated carbocycles. The maximum atomic E-state index is 13.8. The summed E-state index contributed by atoms with van der Waals surface area (Å²) >= 11 is 0. The van der Waals surface area contributed by atoms with Crippen LogP contribution < -0.4 is 10.6 Å². The summed E-state index contributed by atoms with van der Waals surface area (Å²) in [4.78, 5) is 9.55. The average Bonchev–Trinajstić information content (AvgIpc) is 2.74. The van der Waals surface area contributed by atoms with Crippen LogP contribution in [0.1, 0.15) is 37.7 Å². The van der Waals surface area contributed by atoms with E-state index in [1.54, 1.807) is 13.1 Å². The van der Waals surface area contributed by atoms with Gasteiger partial charge in [-0.2, -0.15) is 0 Å². The van der Waals surface area contributed by atoms with Crippen LogP contribution in [0.4, 0.5) is 4.39 Å². The summed E-state index contributed by atoms with van der Waals surface area (Å²) in [6.45, 7) is 6.31. The molecule has 0 aromatic heterocycles. The zero-order valence-corrected chi connectivity index (χ0v) is 20.3. The molecule has 3 rings (SSSR count). The Balaban J connectivity index is 0.00000300. The minimum Gasteiger partial charge on any atom is -0.356 e. The van der Waals surface area contributed by atoms with E-state index >= 15 is 0 Å². The molecule has 0 amide bonds. The van der Waals surface area contributed by atoms with Gasteiger partial charge in [0.25, 0.3) is 0 Å². The van der Waals surface area contributed by atoms with Crippen LogP contribution in [0, 0.1) is 5.82 Å². The number of likely N-dealkylation sites (tertiary alicyclic amines) is 2. The van der Waals surface area contributed by atoms with Gasteiger partial charge >= 0.3 is 0 Å². The van der Waals surface area contributed by atoms with Gasteiger partial charge in [0.2, 0.25) is 0 Å². The van der Waals surface area contributed by atoms with E-state index in [0.29, 0.717) is 13.0 Å². The normalized spacial score (nSPS) is 20.7.